The molecule has 0 fully saturated rings. The number of carbonyl (C=O) groups excluding carboxylic acids is 1. The maximum atomic E-state index is 12.3. The number of alkyl halides is 1. The maximum Gasteiger partial charge on any atom is 0.328 e. The van der Waals surface area contributed by atoms with Crippen LogP contribution in [0.1, 0.15) is 6.92 Å². The van der Waals surface area contributed by atoms with E-state index in [4.69, 9.17) is 9.84 Å². The smallest absolute Gasteiger partial charge is 0.328 e. The van der Waals surface area contributed by atoms with Crippen LogP contribution in [0.15, 0.2) is 29.2 Å². The van der Waals surface area contributed by atoms with Gasteiger partial charge in [0.15, 0.2) is 6.04 Å². The van der Waals surface area contributed by atoms with Gasteiger partial charge in [-0.3, -0.25) is 4.79 Å². The Morgan fingerprint density at radius 1 is 1.40 bits per heavy atom. The van der Waals surface area contributed by atoms with E-state index in [9.17, 15) is 14.0 Å². The number of rotatable bonds is 8. The van der Waals surface area contributed by atoms with Gasteiger partial charge in [-0.1, -0.05) is 0 Å². The molecule has 1 aromatic rings. The van der Waals surface area contributed by atoms with Crippen LogP contribution in [0.3, 0.4) is 0 Å². The second kappa shape index (κ2) is 8.42. The highest BCUT2D eigenvalue weighted by atomic mass is 32.2. The van der Waals surface area contributed by atoms with E-state index in [1.54, 1.807) is 24.3 Å². The number of hydrogen-bond acceptors (Lipinski definition) is 4. The Bertz CT molecular complexity index is 452. The minimum atomic E-state index is -1.48. The number of carboxylic acid groups (broad SMARTS) is 1. The number of benzene rings is 1. The third-order valence-electron chi connectivity index (χ3n) is 2.29. The largest absolute Gasteiger partial charge is 0.494 e. The number of thioether (sulfide) groups is 1. The highest BCUT2D eigenvalue weighted by Gasteiger charge is 2.19. The molecule has 1 unspecified atom stereocenters. The van der Waals surface area contributed by atoms with Gasteiger partial charge >= 0.3 is 5.97 Å². The molecule has 2 N–H and O–H groups in total. The Morgan fingerprint density at radius 2 is 2.05 bits per heavy atom. The predicted molar refractivity (Wildman–Crippen MR) is 73.9 cm³/mol. The van der Waals surface area contributed by atoms with Gasteiger partial charge in [-0.05, 0) is 31.2 Å². The van der Waals surface area contributed by atoms with Crippen molar-refractivity contribution < 1.29 is 23.8 Å². The quantitative estimate of drug-likeness (QED) is 0.715. The standard InChI is InChI=1S/C13H16FNO4S/c1-2-19-9-3-5-10(6-4-9)20-8-12(16)15-11(7-14)13(17)18/h3-6,11H,2,7-8H2,1H3,(H,15,16)(H,17,18). The molecule has 0 aliphatic carbocycles. The zero-order valence-electron chi connectivity index (χ0n) is 11.0. The summed E-state index contributed by atoms with van der Waals surface area (Å²) in [5.74, 6) is -1.14. The fourth-order valence-corrected chi connectivity index (χ4v) is 2.06. The van der Waals surface area contributed by atoms with E-state index in [2.05, 4.69) is 5.32 Å². The Morgan fingerprint density at radius 3 is 2.55 bits per heavy atom. The molecule has 110 valence electrons. The summed E-state index contributed by atoms with van der Waals surface area (Å²) in [7, 11) is 0. The van der Waals surface area contributed by atoms with E-state index in [0.29, 0.717) is 6.61 Å². The number of carboxylic acids is 1. The van der Waals surface area contributed by atoms with Gasteiger partial charge in [-0.25, -0.2) is 9.18 Å². The van der Waals surface area contributed by atoms with E-state index in [0.717, 1.165) is 10.6 Å². The summed E-state index contributed by atoms with van der Waals surface area (Å²) in [5, 5.41) is 10.7. The summed E-state index contributed by atoms with van der Waals surface area (Å²) in [4.78, 5) is 22.9. The minimum Gasteiger partial charge on any atom is -0.494 e. The normalized spacial score (nSPS) is 11.7. The van der Waals surface area contributed by atoms with Crippen LogP contribution < -0.4 is 10.1 Å². The van der Waals surface area contributed by atoms with Crippen molar-refractivity contribution in [3.63, 3.8) is 0 Å². The van der Waals surface area contributed by atoms with Crippen molar-refractivity contribution in [3.8, 4) is 5.75 Å². The number of hydrogen-bond donors (Lipinski definition) is 2. The molecule has 7 heteroatoms. The molecule has 0 radical (unpaired) electrons. The molecular formula is C13H16FNO4S. The molecule has 0 saturated heterocycles. The number of halogens is 1. The minimum absolute atomic E-state index is 0.0256. The molecule has 0 aliphatic heterocycles. The summed E-state index contributed by atoms with van der Waals surface area (Å²) in [5.41, 5.74) is 0. The molecule has 0 aromatic heterocycles. The van der Waals surface area contributed by atoms with Gasteiger partial charge in [0.2, 0.25) is 5.91 Å². The average molecular weight is 301 g/mol. The Balaban J connectivity index is 2.42. The van der Waals surface area contributed by atoms with Gasteiger partial charge in [-0.15, -0.1) is 11.8 Å². The predicted octanol–water partition coefficient (Wildman–Crippen LogP) is 1.72. The van der Waals surface area contributed by atoms with Crippen LogP contribution in [0, 0.1) is 0 Å². The van der Waals surface area contributed by atoms with Crippen molar-refractivity contribution in [1.82, 2.24) is 5.32 Å². The first kappa shape index (κ1) is 16.3. The van der Waals surface area contributed by atoms with E-state index in [1.807, 2.05) is 6.92 Å². The van der Waals surface area contributed by atoms with Gasteiger partial charge in [-0.2, -0.15) is 0 Å². The molecular weight excluding hydrogens is 285 g/mol. The molecule has 5 nitrogen and oxygen atoms in total. The lowest BCUT2D eigenvalue weighted by molar-refractivity contribution is -0.141. The highest BCUT2D eigenvalue weighted by molar-refractivity contribution is 8.00. The van der Waals surface area contributed by atoms with Gasteiger partial charge in [0.25, 0.3) is 0 Å². The fourth-order valence-electron chi connectivity index (χ4n) is 1.35. The number of nitrogens with one attached hydrogen (secondary N) is 1. The molecule has 1 amide bonds. The summed E-state index contributed by atoms with van der Waals surface area (Å²) in [6.07, 6.45) is 0. The van der Waals surface area contributed by atoms with Crippen molar-refractivity contribution in [2.24, 2.45) is 0 Å². The van der Waals surface area contributed by atoms with E-state index >= 15 is 0 Å². The highest BCUT2D eigenvalue weighted by Crippen LogP contribution is 2.21. The second-order valence-electron chi connectivity index (χ2n) is 3.81. The third kappa shape index (κ3) is 5.48. The third-order valence-corrected chi connectivity index (χ3v) is 3.30. The van der Waals surface area contributed by atoms with Crippen molar-refractivity contribution in [2.45, 2.75) is 17.9 Å². The van der Waals surface area contributed by atoms with Gasteiger partial charge in [0, 0.05) is 4.90 Å². The van der Waals surface area contributed by atoms with Crippen LogP contribution in [-0.2, 0) is 9.59 Å². The van der Waals surface area contributed by atoms with Crippen LogP contribution >= 0.6 is 11.8 Å². The van der Waals surface area contributed by atoms with Crippen molar-refractivity contribution >= 4 is 23.6 Å². The molecule has 0 heterocycles. The number of aliphatic carboxylic acids is 1. The number of ether oxygens (including phenoxy) is 1. The number of carbonyl (C=O) groups is 2. The Kier molecular flexibility index (Phi) is 6.86. The van der Waals surface area contributed by atoms with Gasteiger partial charge < -0.3 is 15.2 Å². The first-order valence-corrected chi connectivity index (χ1v) is 6.99. The van der Waals surface area contributed by atoms with Crippen molar-refractivity contribution in [2.75, 3.05) is 19.0 Å². The molecule has 20 heavy (non-hydrogen) atoms. The maximum absolute atomic E-state index is 12.3. The Hall–Kier alpha value is -1.76. The molecule has 1 atom stereocenters. The summed E-state index contributed by atoms with van der Waals surface area (Å²) in [6, 6.07) is 5.68. The Labute approximate surface area is 120 Å². The van der Waals surface area contributed by atoms with E-state index in [1.165, 1.54) is 11.8 Å². The first-order valence-electron chi connectivity index (χ1n) is 6.00. The monoisotopic (exact) mass is 301 g/mol. The molecule has 1 rings (SSSR count). The van der Waals surface area contributed by atoms with Crippen LogP contribution in [0.4, 0.5) is 4.39 Å². The summed E-state index contributed by atoms with van der Waals surface area (Å²) >= 11 is 1.24. The lowest BCUT2D eigenvalue weighted by Crippen LogP contribution is -2.43. The molecule has 1 aromatic carbocycles. The second-order valence-corrected chi connectivity index (χ2v) is 4.85. The lowest BCUT2D eigenvalue weighted by Gasteiger charge is -2.10. The molecule has 0 saturated carbocycles. The molecule has 0 aliphatic rings. The summed E-state index contributed by atoms with van der Waals surface area (Å²) in [6.45, 7) is 1.33. The van der Waals surface area contributed by atoms with Crippen LogP contribution in [0.5, 0.6) is 5.75 Å². The SMILES string of the molecule is CCOc1ccc(SCC(=O)NC(CF)C(=O)O)cc1. The van der Waals surface area contributed by atoms with Gasteiger partial charge in [0.1, 0.15) is 12.4 Å². The average Bonchev–Trinajstić information content (AvgIpc) is 2.44. The molecule has 0 spiro atoms. The van der Waals surface area contributed by atoms with Crippen molar-refractivity contribution in [1.29, 1.82) is 0 Å². The topological polar surface area (TPSA) is 75.6 Å². The van der Waals surface area contributed by atoms with E-state index in [-0.39, 0.29) is 5.75 Å². The lowest BCUT2D eigenvalue weighted by atomic mass is 10.3. The summed E-state index contributed by atoms with van der Waals surface area (Å²) < 4.78 is 17.6. The van der Waals surface area contributed by atoms with Crippen molar-refractivity contribution in [3.05, 3.63) is 24.3 Å². The van der Waals surface area contributed by atoms with Crippen LogP contribution in [0.2, 0.25) is 0 Å². The fraction of sp³-hybridized carbons (Fsp3) is 0.385. The first-order chi connectivity index (χ1) is 9.56. The number of amides is 1. The van der Waals surface area contributed by atoms with Crippen LogP contribution in [-0.4, -0.2) is 42.1 Å². The molecule has 0 bridgehead atoms. The van der Waals surface area contributed by atoms with Gasteiger partial charge in [0.05, 0.1) is 12.4 Å². The van der Waals surface area contributed by atoms with E-state index < -0.39 is 24.6 Å². The zero-order valence-corrected chi connectivity index (χ0v) is 11.8. The zero-order chi connectivity index (χ0) is 15.0. The van der Waals surface area contributed by atoms with Crippen LogP contribution in [0.25, 0.3) is 0 Å².